The molecule has 0 saturated carbocycles. The van der Waals surface area contributed by atoms with Gasteiger partial charge in [0.25, 0.3) is 0 Å². The second-order valence-electron chi connectivity index (χ2n) is 3.65. The lowest BCUT2D eigenvalue weighted by Gasteiger charge is -2.09. The molecule has 1 rings (SSSR count). The van der Waals surface area contributed by atoms with Gasteiger partial charge in [-0.3, -0.25) is 0 Å². The Hall–Kier alpha value is -0.700. The van der Waals surface area contributed by atoms with Crippen molar-refractivity contribution in [2.24, 2.45) is 5.73 Å². The Labute approximate surface area is 120 Å². The molecule has 0 radical (unpaired) electrons. The van der Waals surface area contributed by atoms with Gasteiger partial charge >= 0.3 is 0 Å². The Morgan fingerprint density at radius 2 is 2.11 bits per heavy atom. The van der Waals surface area contributed by atoms with Crippen molar-refractivity contribution in [3.63, 3.8) is 0 Å². The van der Waals surface area contributed by atoms with Crippen LogP contribution in [0.4, 0.5) is 5.69 Å². The predicted molar refractivity (Wildman–Crippen MR) is 81.4 cm³/mol. The predicted octanol–water partition coefficient (Wildman–Crippen LogP) is 1.04. The summed E-state index contributed by atoms with van der Waals surface area (Å²) in [7, 11) is -3.14. The van der Waals surface area contributed by atoms with Crippen LogP contribution in [0.1, 0.15) is 5.56 Å². The zero-order chi connectivity index (χ0) is 13.8. The standard InChI is InChI=1S/C10H14BrN3O2S2/c1-18(15,16)14-5-4-13-7-2-3-8(10(12)17)9(11)6-7/h2-3,6,13-14H,4-5H2,1H3,(H2,12,17). The summed E-state index contributed by atoms with van der Waals surface area (Å²) in [4.78, 5) is 0.326. The van der Waals surface area contributed by atoms with Gasteiger partial charge in [0.15, 0.2) is 0 Å². The second-order valence-corrected chi connectivity index (χ2v) is 6.78. The summed E-state index contributed by atoms with van der Waals surface area (Å²) in [5.41, 5.74) is 7.17. The Bertz CT molecular complexity index is 546. The zero-order valence-electron chi connectivity index (χ0n) is 9.73. The number of thiocarbonyl (C=S) groups is 1. The highest BCUT2D eigenvalue weighted by molar-refractivity contribution is 9.10. The largest absolute Gasteiger partial charge is 0.389 e. The molecule has 0 amide bonds. The molecule has 0 unspecified atom stereocenters. The van der Waals surface area contributed by atoms with Gasteiger partial charge in [0.1, 0.15) is 4.99 Å². The van der Waals surface area contributed by atoms with Gasteiger partial charge in [0, 0.05) is 28.8 Å². The molecule has 0 aliphatic rings. The van der Waals surface area contributed by atoms with Crippen LogP contribution in [0.2, 0.25) is 0 Å². The summed E-state index contributed by atoms with van der Waals surface area (Å²) in [6.45, 7) is 0.819. The quantitative estimate of drug-likeness (QED) is 0.526. The molecular weight excluding hydrogens is 338 g/mol. The highest BCUT2D eigenvalue weighted by atomic mass is 79.9. The van der Waals surface area contributed by atoms with Gasteiger partial charge in [-0.25, -0.2) is 13.1 Å². The van der Waals surface area contributed by atoms with Crippen LogP contribution < -0.4 is 15.8 Å². The van der Waals surface area contributed by atoms with Crippen LogP contribution in [0.5, 0.6) is 0 Å². The van der Waals surface area contributed by atoms with E-state index < -0.39 is 10.0 Å². The van der Waals surface area contributed by atoms with Gasteiger partial charge in [-0.05, 0) is 34.1 Å². The minimum absolute atomic E-state index is 0.326. The Morgan fingerprint density at radius 1 is 1.44 bits per heavy atom. The number of rotatable bonds is 6. The van der Waals surface area contributed by atoms with E-state index in [9.17, 15) is 8.42 Å². The summed E-state index contributed by atoms with van der Waals surface area (Å²) in [5, 5.41) is 3.08. The number of halogens is 1. The van der Waals surface area contributed by atoms with Gasteiger partial charge in [-0.1, -0.05) is 12.2 Å². The Kier molecular flexibility index (Phi) is 5.51. The lowest BCUT2D eigenvalue weighted by molar-refractivity contribution is 0.589. The van der Waals surface area contributed by atoms with Crippen molar-refractivity contribution in [1.82, 2.24) is 4.72 Å². The van der Waals surface area contributed by atoms with Crippen LogP contribution >= 0.6 is 28.1 Å². The molecule has 1 aromatic carbocycles. The highest BCUT2D eigenvalue weighted by Crippen LogP contribution is 2.21. The van der Waals surface area contributed by atoms with Crippen molar-refractivity contribution in [2.45, 2.75) is 0 Å². The van der Waals surface area contributed by atoms with Gasteiger partial charge < -0.3 is 11.1 Å². The van der Waals surface area contributed by atoms with Crippen molar-refractivity contribution in [3.05, 3.63) is 28.2 Å². The molecule has 1 aromatic rings. The molecule has 0 saturated heterocycles. The molecule has 0 heterocycles. The minimum Gasteiger partial charge on any atom is -0.389 e. The van der Waals surface area contributed by atoms with Crippen LogP contribution in [-0.2, 0) is 10.0 Å². The summed E-state index contributed by atoms with van der Waals surface area (Å²) >= 11 is 8.26. The Morgan fingerprint density at radius 3 is 2.61 bits per heavy atom. The molecule has 5 nitrogen and oxygen atoms in total. The van der Waals surface area contributed by atoms with Gasteiger partial charge in [-0.15, -0.1) is 0 Å². The third-order valence-electron chi connectivity index (χ3n) is 2.05. The number of anilines is 1. The number of hydrogen-bond acceptors (Lipinski definition) is 4. The minimum atomic E-state index is -3.14. The Balaban J connectivity index is 2.54. The van der Waals surface area contributed by atoms with E-state index in [4.69, 9.17) is 18.0 Å². The molecule has 0 spiro atoms. The molecule has 0 aromatic heterocycles. The molecule has 4 N–H and O–H groups in total. The van der Waals surface area contributed by atoms with Crippen molar-refractivity contribution in [3.8, 4) is 0 Å². The van der Waals surface area contributed by atoms with E-state index in [0.29, 0.717) is 18.1 Å². The van der Waals surface area contributed by atoms with Crippen molar-refractivity contribution >= 4 is 48.8 Å². The normalized spacial score (nSPS) is 11.2. The number of hydrogen-bond donors (Lipinski definition) is 3. The maximum absolute atomic E-state index is 10.8. The number of nitrogens with two attached hydrogens (primary N) is 1. The fourth-order valence-electron chi connectivity index (χ4n) is 1.27. The molecule has 0 aliphatic carbocycles. The molecule has 0 atom stereocenters. The smallest absolute Gasteiger partial charge is 0.208 e. The average molecular weight is 352 g/mol. The van der Waals surface area contributed by atoms with Crippen molar-refractivity contribution in [2.75, 3.05) is 24.7 Å². The first-order valence-electron chi connectivity index (χ1n) is 5.07. The molecule has 18 heavy (non-hydrogen) atoms. The average Bonchev–Trinajstić information content (AvgIpc) is 2.22. The third-order valence-corrected chi connectivity index (χ3v) is 3.66. The highest BCUT2D eigenvalue weighted by Gasteiger charge is 2.04. The van der Waals surface area contributed by atoms with Crippen molar-refractivity contribution in [1.29, 1.82) is 0 Å². The van der Waals surface area contributed by atoms with E-state index in [1.807, 2.05) is 12.1 Å². The maximum Gasteiger partial charge on any atom is 0.208 e. The number of sulfonamides is 1. The first kappa shape index (κ1) is 15.4. The van der Waals surface area contributed by atoms with E-state index >= 15 is 0 Å². The fraction of sp³-hybridized carbons (Fsp3) is 0.300. The monoisotopic (exact) mass is 351 g/mol. The lowest BCUT2D eigenvalue weighted by atomic mass is 10.2. The number of nitrogens with one attached hydrogen (secondary N) is 2. The fourth-order valence-corrected chi connectivity index (χ4v) is 2.64. The molecule has 8 heteroatoms. The van der Waals surface area contributed by atoms with Gasteiger partial charge in [0.2, 0.25) is 10.0 Å². The van der Waals surface area contributed by atoms with Crippen LogP contribution in [0.3, 0.4) is 0 Å². The molecule has 0 aliphatic heterocycles. The lowest BCUT2D eigenvalue weighted by Crippen LogP contribution is -2.27. The SMILES string of the molecule is CS(=O)(=O)NCCNc1ccc(C(N)=S)c(Br)c1. The maximum atomic E-state index is 10.8. The zero-order valence-corrected chi connectivity index (χ0v) is 13.0. The van der Waals surface area contributed by atoms with Crippen molar-refractivity contribution < 1.29 is 8.42 Å². The molecular formula is C10H14BrN3O2S2. The van der Waals surface area contributed by atoms with Gasteiger partial charge in [0.05, 0.1) is 6.26 Å². The summed E-state index contributed by atoms with van der Waals surface area (Å²) < 4.78 is 24.9. The third kappa shape index (κ3) is 5.30. The molecule has 100 valence electrons. The van der Waals surface area contributed by atoms with Gasteiger partial charge in [-0.2, -0.15) is 0 Å². The number of benzene rings is 1. The van der Waals surface area contributed by atoms with E-state index in [1.54, 1.807) is 6.07 Å². The topological polar surface area (TPSA) is 84.2 Å². The van der Waals surface area contributed by atoms with Crippen LogP contribution in [0.15, 0.2) is 22.7 Å². The van der Waals surface area contributed by atoms with Crippen LogP contribution in [0.25, 0.3) is 0 Å². The summed E-state index contributed by atoms with van der Waals surface area (Å²) in [5.74, 6) is 0. The molecule has 0 bridgehead atoms. The first-order valence-corrected chi connectivity index (χ1v) is 8.17. The van der Waals surface area contributed by atoms with Crippen LogP contribution in [0, 0.1) is 0 Å². The van der Waals surface area contributed by atoms with E-state index in [-0.39, 0.29) is 0 Å². The van der Waals surface area contributed by atoms with Crippen LogP contribution in [-0.4, -0.2) is 32.8 Å². The molecule has 0 fully saturated rings. The summed E-state index contributed by atoms with van der Waals surface area (Å²) in [6.07, 6.45) is 1.13. The second kappa shape index (κ2) is 6.46. The summed E-state index contributed by atoms with van der Waals surface area (Å²) in [6, 6.07) is 5.48. The van der Waals surface area contributed by atoms with E-state index in [1.165, 1.54) is 0 Å². The van der Waals surface area contributed by atoms with E-state index in [2.05, 4.69) is 26.0 Å². The van der Waals surface area contributed by atoms with E-state index in [0.717, 1.165) is 22.0 Å². The first-order chi connectivity index (χ1) is 8.29.